The van der Waals surface area contributed by atoms with Crippen LogP contribution in [0.5, 0.6) is 5.75 Å². The van der Waals surface area contributed by atoms with Crippen LogP contribution in [-0.2, 0) is 0 Å². The molecule has 0 N–H and O–H groups in total. The van der Waals surface area contributed by atoms with Crippen molar-refractivity contribution in [2.75, 3.05) is 18.1 Å². The Labute approximate surface area is 145 Å². The van der Waals surface area contributed by atoms with Crippen molar-refractivity contribution < 1.29 is 9.53 Å². The minimum atomic E-state index is -0.273. The number of carbonyl (C=O) groups excluding carboxylic acids is 1. The summed E-state index contributed by atoms with van der Waals surface area (Å²) in [5.74, 6) is 0.915. The van der Waals surface area contributed by atoms with Gasteiger partial charge in [0.15, 0.2) is 0 Å². The molecule has 0 atom stereocenters. The van der Waals surface area contributed by atoms with Crippen LogP contribution in [0.25, 0.3) is 5.78 Å². The lowest BCUT2D eigenvalue weighted by Crippen LogP contribution is -2.32. The predicted octanol–water partition coefficient (Wildman–Crippen LogP) is 2.69. The number of hydrogen-bond acceptors (Lipinski definition) is 5. The summed E-state index contributed by atoms with van der Waals surface area (Å²) in [7, 11) is 0. The van der Waals surface area contributed by atoms with Crippen LogP contribution >= 0.6 is 0 Å². The van der Waals surface area contributed by atoms with Gasteiger partial charge in [0.1, 0.15) is 11.4 Å². The quantitative estimate of drug-likeness (QED) is 0.691. The Balaban J connectivity index is 1.91. The number of fused-ring (bicyclic) bond motifs is 1. The van der Waals surface area contributed by atoms with Gasteiger partial charge < -0.3 is 9.64 Å². The number of carbonyl (C=O) groups is 1. The van der Waals surface area contributed by atoms with E-state index in [0.29, 0.717) is 18.1 Å². The molecular weight excluding hydrogens is 318 g/mol. The number of hydrogen-bond donors (Lipinski definition) is 0. The number of amides is 1. The molecule has 3 aromatic rings. The van der Waals surface area contributed by atoms with Crippen molar-refractivity contribution in [3.63, 3.8) is 0 Å². The van der Waals surface area contributed by atoms with Crippen molar-refractivity contribution in [1.29, 1.82) is 5.26 Å². The molecule has 0 spiro atoms. The first-order chi connectivity index (χ1) is 12.2. The standard InChI is InChI=1S/C18H17N5O2/c1-2-25-15-7-5-14(6-8-15)23(12-3-9-19)17(24)16-13-22-11-4-10-20-18(22)21-16/h4-8,10-11,13H,2-3,12H2,1H3. The molecule has 0 saturated heterocycles. The number of nitriles is 1. The lowest BCUT2D eigenvalue weighted by Gasteiger charge is -2.21. The summed E-state index contributed by atoms with van der Waals surface area (Å²) < 4.78 is 7.12. The maximum Gasteiger partial charge on any atom is 0.278 e. The van der Waals surface area contributed by atoms with Crippen molar-refractivity contribution >= 4 is 17.4 Å². The number of anilines is 1. The fourth-order valence-electron chi connectivity index (χ4n) is 2.47. The lowest BCUT2D eigenvalue weighted by molar-refractivity contribution is 0.0983. The molecule has 2 heterocycles. The highest BCUT2D eigenvalue weighted by Gasteiger charge is 2.20. The van der Waals surface area contributed by atoms with Gasteiger partial charge in [-0.1, -0.05) is 0 Å². The molecule has 0 bridgehead atoms. The molecule has 0 fully saturated rings. The van der Waals surface area contributed by atoms with Crippen LogP contribution in [0, 0.1) is 11.3 Å². The van der Waals surface area contributed by atoms with Crippen molar-refractivity contribution in [2.24, 2.45) is 0 Å². The summed E-state index contributed by atoms with van der Waals surface area (Å²) in [5.41, 5.74) is 0.972. The Morgan fingerprint density at radius 1 is 1.36 bits per heavy atom. The van der Waals surface area contributed by atoms with E-state index in [0.717, 1.165) is 5.75 Å². The van der Waals surface area contributed by atoms with Crippen LogP contribution in [-0.4, -0.2) is 33.4 Å². The summed E-state index contributed by atoms with van der Waals surface area (Å²) in [6.07, 6.45) is 5.27. The Bertz CT molecular complexity index is 878. The molecule has 25 heavy (non-hydrogen) atoms. The maximum absolute atomic E-state index is 12.9. The highest BCUT2D eigenvalue weighted by molar-refractivity contribution is 6.05. The van der Waals surface area contributed by atoms with Crippen molar-refractivity contribution in [3.05, 3.63) is 54.6 Å². The lowest BCUT2D eigenvalue weighted by atomic mass is 10.2. The minimum absolute atomic E-state index is 0.227. The zero-order chi connectivity index (χ0) is 17.6. The van der Waals surface area contributed by atoms with Crippen molar-refractivity contribution in [2.45, 2.75) is 13.3 Å². The molecule has 2 aromatic heterocycles. The zero-order valence-corrected chi connectivity index (χ0v) is 13.8. The maximum atomic E-state index is 12.9. The van der Waals surface area contributed by atoms with Gasteiger partial charge in [0.05, 0.1) is 19.1 Å². The Kier molecular flexibility index (Phi) is 4.90. The number of ether oxygens (including phenoxy) is 1. The average Bonchev–Trinajstić information content (AvgIpc) is 3.07. The smallest absolute Gasteiger partial charge is 0.278 e. The van der Waals surface area contributed by atoms with Gasteiger partial charge in [-0.05, 0) is 37.3 Å². The first-order valence-corrected chi connectivity index (χ1v) is 7.94. The van der Waals surface area contributed by atoms with Gasteiger partial charge in [-0.15, -0.1) is 0 Å². The summed E-state index contributed by atoms with van der Waals surface area (Å²) in [5, 5.41) is 8.91. The number of benzene rings is 1. The number of aromatic nitrogens is 3. The Morgan fingerprint density at radius 3 is 2.84 bits per heavy atom. The van der Waals surface area contributed by atoms with Gasteiger partial charge in [-0.2, -0.15) is 5.26 Å². The first kappa shape index (κ1) is 16.5. The number of imidazole rings is 1. The van der Waals surface area contributed by atoms with Crippen LogP contribution in [0.1, 0.15) is 23.8 Å². The highest BCUT2D eigenvalue weighted by Crippen LogP contribution is 2.21. The van der Waals surface area contributed by atoms with E-state index >= 15 is 0 Å². The molecule has 1 aromatic carbocycles. The van der Waals surface area contributed by atoms with Crippen LogP contribution in [0.3, 0.4) is 0 Å². The fraction of sp³-hybridized carbons (Fsp3) is 0.222. The average molecular weight is 335 g/mol. The second-order valence-corrected chi connectivity index (χ2v) is 5.24. The second-order valence-electron chi connectivity index (χ2n) is 5.24. The normalized spacial score (nSPS) is 10.4. The summed E-state index contributed by atoms with van der Waals surface area (Å²) in [4.78, 5) is 22.8. The predicted molar refractivity (Wildman–Crippen MR) is 92.5 cm³/mol. The number of nitrogens with zero attached hydrogens (tertiary/aromatic N) is 5. The van der Waals surface area contributed by atoms with E-state index in [4.69, 9.17) is 10.00 Å². The van der Waals surface area contributed by atoms with Crippen molar-refractivity contribution in [1.82, 2.24) is 14.4 Å². The van der Waals surface area contributed by atoms with Crippen LogP contribution in [0.4, 0.5) is 5.69 Å². The molecule has 7 nitrogen and oxygen atoms in total. The molecular formula is C18H17N5O2. The molecule has 0 aliphatic carbocycles. The molecule has 0 saturated carbocycles. The van der Waals surface area contributed by atoms with Crippen LogP contribution in [0.15, 0.2) is 48.9 Å². The van der Waals surface area contributed by atoms with E-state index in [1.54, 1.807) is 58.2 Å². The van der Waals surface area contributed by atoms with E-state index in [1.807, 2.05) is 6.92 Å². The third-order valence-electron chi connectivity index (χ3n) is 3.61. The minimum Gasteiger partial charge on any atom is -0.494 e. The Morgan fingerprint density at radius 2 is 2.16 bits per heavy atom. The van der Waals surface area contributed by atoms with Gasteiger partial charge in [-0.3, -0.25) is 9.20 Å². The molecule has 0 aliphatic rings. The second kappa shape index (κ2) is 7.45. The zero-order valence-electron chi connectivity index (χ0n) is 13.8. The summed E-state index contributed by atoms with van der Waals surface area (Å²) in [6, 6.07) is 11.0. The summed E-state index contributed by atoms with van der Waals surface area (Å²) in [6.45, 7) is 2.77. The SMILES string of the molecule is CCOc1ccc(N(CCC#N)C(=O)c2cn3cccnc3n2)cc1. The van der Waals surface area contributed by atoms with E-state index in [9.17, 15) is 4.79 Å². The highest BCUT2D eigenvalue weighted by atomic mass is 16.5. The summed E-state index contributed by atoms with van der Waals surface area (Å²) >= 11 is 0. The van der Waals surface area contributed by atoms with Gasteiger partial charge >= 0.3 is 0 Å². The molecule has 0 aliphatic heterocycles. The van der Waals surface area contributed by atoms with E-state index < -0.39 is 0 Å². The largest absolute Gasteiger partial charge is 0.494 e. The van der Waals surface area contributed by atoms with E-state index in [2.05, 4.69) is 16.0 Å². The van der Waals surface area contributed by atoms with Gasteiger partial charge in [0.25, 0.3) is 5.91 Å². The molecule has 0 unspecified atom stereocenters. The monoisotopic (exact) mass is 335 g/mol. The number of rotatable bonds is 6. The third-order valence-corrected chi connectivity index (χ3v) is 3.61. The topological polar surface area (TPSA) is 83.5 Å². The van der Waals surface area contributed by atoms with Gasteiger partial charge in [-0.25, -0.2) is 9.97 Å². The Hall–Kier alpha value is -3.40. The molecule has 126 valence electrons. The van der Waals surface area contributed by atoms with Gasteiger partial charge in [0.2, 0.25) is 5.78 Å². The third kappa shape index (κ3) is 3.58. The first-order valence-electron chi connectivity index (χ1n) is 7.94. The molecule has 1 amide bonds. The van der Waals surface area contributed by atoms with E-state index in [-0.39, 0.29) is 24.6 Å². The molecule has 0 radical (unpaired) electrons. The fourth-order valence-corrected chi connectivity index (χ4v) is 2.47. The van der Waals surface area contributed by atoms with E-state index in [1.165, 1.54) is 0 Å². The van der Waals surface area contributed by atoms with Gasteiger partial charge in [0, 0.05) is 30.8 Å². The molecule has 3 rings (SSSR count). The van der Waals surface area contributed by atoms with Crippen molar-refractivity contribution in [3.8, 4) is 11.8 Å². The van der Waals surface area contributed by atoms with Crippen LogP contribution in [0.2, 0.25) is 0 Å². The van der Waals surface area contributed by atoms with Crippen LogP contribution < -0.4 is 9.64 Å². The molecule has 7 heteroatoms.